The highest BCUT2D eigenvalue weighted by atomic mass is 35.5. The van der Waals surface area contributed by atoms with Crippen molar-refractivity contribution in [2.75, 3.05) is 11.9 Å². The second-order valence-corrected chi connectivity index (χ2v) is 5.59. The molecule has 0 saturated heterocycles. The van der Waals surface area contributed by atoms with Gasteiger partial charge in [-0.05, 0) is 24.3 Å². The first-order chi connectivity index (χ1) is 11.6. The second-order valence-electron chi connectivity index (χ2n) is 4.78. The van der Waals surface area contributed by atoms with E-state index in [1.54, 1.807) is 41.3 Å². The van der Waals surface area contributed by atoms with Crippen LogP contribution < -0.4 is 10.1 Å². The van der Waals surface area contributed by atoms with Crippen LogP contribution in [0.2, 0.25) is 10.0 Å². The van der Waals surface area contributed by atoms with Crippen molar-refractivity contribution in [2.45, 2.75) is 0 Å². The molecule has 0 fully saturated rings. The van der Waals surface area contributed by atoms with Crippen molar-refractivity contribution >= 4 is 34.8 Å². The van der Waals surface area contributed by atoms with Gasteiger partial charge in [0.15, 0.2) is 6.61 Å². The quantitative estimate of drug-likeness (QED) is 0.752. The van der Waals surface area contributed by atoms with Gasteiger partial charge in [-0.25, -0.2) is 4.68 Å². The maximum Gasteiger partial charge on any atom is 0.262 e. The number of nitrogens with one attached hydrogen (secondary N) is 1. The summed E-state index contributed by atoms with van der Waals surface area (Å²) in [4.78, 5) is 12.1. The Morgan fingerprint density at radius 2 is 2.00 bits per heavy atom. The van der Waals surface area contributed by atoms with Crippen LogP contribution in [0.4, 0.5) is 5.69 Å². The third-order valence-corrected chi connectivity index (χ3v) is 3.85. The number of aromatic nitrogens is 3. The molecule has 0 unspecified atom stereocenters. The van der Waals surface area contributed by atoms with E-state index in [1.807, 2.05) is 18.2 Å². The zero-order valence-corrected chi connectivity index (χ0v) is 13.8. The molecule has 0 bridgehead atoms. The van der Waals surface area contributed by atoms with Crippen molar-refractivity contribution in [3.05, 3.63) is 64.9 Å². The molecule has 1 amide bonds. The summed E-state index contributed by atoms with van der Waals surface area (Å²) in [6.45, 7) is -0.163. The van der Waals surface area contributed by atoms with Gasteiger partial charge in [0.05, 0.1) is 33.8 Å². The monoisotopic (exact) mass is 362 g/mol. The molecule has 0 spiro atoms. The number of ether oxygens (including phenoxy) is 1. The van der Waals surface area contributed by atoms with Crippen molar-refractivity contribution in [1.82, 2.24) is 15.0 Å². The van der Waals surface area contributed by atoms with Crippen LogP contribution in [-0.2, 0) is 4.79 Å². The van der Waals surface area contributed by atoms with E-state index in [0.717, 1.165) is 0 Å². The van der Waals surface area contributed by atoms with Gasteiger partial charge in [0.2, 0.25) is 0 Å². The Balaban J connectivity index is 1.66. The lowest BCUT2D eigenvalue weighted by atomic mass is 10.2. The summed E-state index contributed by atoms with van der Waals surface area (Å²) in [5.74, 6) is 0.151. The van der Waals surface area contributed by atoms with Gasteiger partial charge in [0.25, 0.3) is 5.91 Å². The normalized spacial score (nSPS) is 10.4. The third kappa shape index (κ3) is 3.84. The molecule has 1 heterocycles. The number of carbonyl (C=O) groups excluding carboxylic acids is 1. The van der Waals surface area contributed by atoms with Crippen LogP contribution in [0.15, 0.2) is 54.9 Å². The summed E-state index contributed by atoms with van der Waals surface area (Å²) < 4.78 is 6.98. The number of carbonyl (C=O) groups is 1. The Kier molecular flexibility index (Phi) is 4.98. The molecule has 122 valence electrons. The van der Waals surface area contributed by atoms with Crippen LogP contribution in [0.1, 0.15) is 0 Å². The molecule has 0 aliphatic heterocycles. The van der Waals surface area contributed by atoms with Crippen molar-refractivity contribution in [1.29, 1.82) is 0 Å². The topological polar surface area (TPSA) is 69.0 Å². The number of amides is 1. The number of hydrogen-bond donors (Lipinski definition) is 1. The second kappa shape index (κ2) is 7.33. The number of benzene rings is 2. The third-order valence-electron chi connectivity index (χ3n) is 3.11. The van der Waals surface area contributed by atoms with E-state index < -0.39 is 0 Å². The fourth-order valence-corrected chi connectivity index (χ4v) is 2.31. The van der Waals surface area contributed by atoms with Gasteiger partial charge in [-0.1, -0.05) is 40.5 Å². The smallest absolute Gasteiger partial charge is 0.262 e. The molecule has 24 heavy (non-hydrogen) atoms. The van der Waals surface area contributed by atoms with E-state index in [1.165, 1.54) is 0 Å². The molecule has 3 rings (SSSR count). The summed E-state index contributed by atoms with van der Waals surface area (Å²) in [6, 6.07) is 12.1. The lowest BCUT2D eigenvalue weighted by molar-refractivity contribution is -0.118. The molecule has 8 heteroatoms. The van der Waals surface area contributed by atoms with Crippen LogP contribution in [0.5, 0.6) is 5.75 Å². The first-order valence-corrected chi connectivity index (χ1v) is 7.72. The van der Waals surface area contributed by atoms with Crippen molar-refractivity contribution in [3.8, 4) is 11.4 Å². The van der Waals surface area contributed by atoms with Crippen LogP contribution in [0.25, 0.3) is 5.69 Å². The van der Waals surface area contributed by atoms with Crippen LogP contribution in [0.3, 0.4) is 0 Å². The molecular weight excluding hydrogens is 351 g/mol. The highest BCUT2D eigenvalue weighted by molar-refractivity contribution is 6.42. The maximum absolute atomic E-state index is 12.1. The molecule has 2 aromatic carbocycles. The molecular formula is C16H12Cl2N4O2. The average molecular weight is 363 g/mol. The first-order valence-electron chi connectivity index (χ1n) is 6.97. The van der Waals surface area contributed by atoms with E-state index in [-0.39, 0.29) is 12.5 Å². The zero-order chi connectivity index (χ0) is 16.9. The lowest BCUT2D eigenvalue weighted by Gasteiger charge is -2.11. The molecule has 1 aromatic heterocycles. The van der Waals surface area contributed by atoms with E-state index in [9.17, 15) is 4.79 Å². The predicted octanol–water partition coefficient (Wildman–Crippen LogP) is 3.59. The van der Waals surface area contributed by atoms with Crippen molar-refractivity contribution in [2.24, 2.45) is 0 Å². The lowest BCUT2D eigenvalue weighted by Crippen LogP contribution is -2.21. The fourth-order valence-electron chi connectivity index (χ4n) is 2.02. The van der Waals surface area contributed by atoms with Gasteiger partial charge in [-0.15, -0.1) is 5.10 Å². The van der Waals surface area contributed by atoms with Gasteiger partial charge in [-0.2, -0.15) is 0 Å². The number of halogens is 2. The Labute approximate surface area is 148 Å². The van der Waals surface area contributed by atoms with E-state index >= 15 is 0 Å². The van der Waals surface area contributed by atoms with E-state index in [2.05, 4.69) is 15.6 Å². The Bertz CT molecular complexity index is 853. The summed E-state index contributed by atoms with van der Waals surface area (Å²) in [7, 11) is 0. The minimum Gasteiger partial charge on any atom is -0.484 e. The molecule has 0 saturated carbocycles. The molecule has 1 N–H and O–H groups in total. The minimum atomic E-state index is -0.311. The standard InChI is InChI=1S/C16H12Cl2N4O2/c17-12-6-5-11(9-13(12)18)24-10-16(23)20-14-3-1-2-4-15(14)22-8-7-19-21-22/h1-9H,10H2,(H,20,23). The Morgan fingerprint density at radius 1 is 1.17 bits per heavy atom. The van der Waals surface area contributed by atoms with Crippen LogP contribution in [-0.4, -0.2) is 27.5 Å². The first kappa shape index (κ1) is 16.3. The predicted molar refractivity (Wildman–Crippen MR) is 91.9 cm³/mol. The average Bonchev–Trinajstić information content (AvgIpc) is 3.11. The number of anilines is 1. The number of para-hydroxylation sites is 2. The van der Waals surface area contributed by atoms with E-state index in [0.29, 0.717) is 27.2 Å². The van der Waals surface area contributed by atoms with Gasteiger partial charge in [-0.3, -0.25) is 4.79 Å². The van der Waals surface area contributed by atoms with Crippen molar-refractivity contribution in [3.63, 3.8) is 0 Å². The van der Waals surface area contributed by atoms with Gasteiger partial charge >= 0.3 is 0 Å². The SMILES string of the molecule is O=C(COc1ccc(Cl)c(Cl)c1)Nc1ccccc1-n1ccnn1. The molecule has 0 aliphatic carbocycles. The Morgan fingerprint density at radius 3 is 2.75 bits per heavy atom. The molecule has 3 aromatic rings. The highest BCUT2D eigenvalue weighted by Gasteiger charge is 2.10. The van der Waals surface area contributed by atoms with Crippen LogP contribution >= 0.6 is 23.2 Å². The largest absolute Gasteiger partial charge is 0.484 e. The van der Waals surface area contributed by atoms with E-state index in [4.69, 9.17) is 27.9 Å². The van der Waals surface area contributed by atoms with Gasteiger partial charge < -0.3 is 10.1 Å². The maximum atomic E-state index is 12.1. The van der Waals surface area contributed by atoms with Gasteiger partial charge in [0, 0.05) is 6.07 Å². The molecule has 6 nitrogen and oxygen atoms in total. The van der Waals surface area contributed by atoms with Crippen LogP contribution in [0, 0.1) is 0 Å². The minimum absolute atomic E-state index is 0.163. The van der Waals surface area contributed by atoms with Gasteiger partial charge in [0.1, 0.15) is 5.75 Å². The fraction of sp³-hybridized carbons (Fsp3) is 0.0625. The molecule has 0 aliphatic rings. The van der Waals surface area contributed by atoms with Crippen molar-refractivity contribution < 1.29 is 9.53 Å². The summed E-state index contributed by atoms with van der Waals surface area (Å²) in [5, 5.41) is 11.3. The number of nitrogens with zero attached hydrogens (tertiary/aromatic N) is 3. The zero-order valence-electron chi connectivity index (χ0n) is 12.3. The number of rotatable bonds is 5. The summed E-state index contributed by atoms with van der Waals surface area (Å²) in [6.07, 6.45) is 3.25. The number of hydrogen-bond acceptors (Lipinski definition) is 4. The molecule has 0 radical (unpaired) electrons. The molecule has 0 atom stereocenters. The Hall–Kier alpha value is -2.57. The summed E-state index contributed by atoms with van der Waals surface area (Å²) in [5.41, 5.74) is 1.31. The summed E-state index contributed by atoms with van der Waals surface area (Å²) >= 11 is 11.7. The highest BCUT2D eigenvalue weighted by Crippen LogP contribution is 2.26.